The van der Waals surface area contributed by atoms with Gasteiger partial charge in [0.05, 0.1) is 0 Å². The Bertz CT molecular complexity index is 1060. The summed E-state index contributed by atoms with van der Waals surface area (Å²) in [4.78, 5) is 16.7. The van der Waals surface area contributed by atoms with Gasteiger partial charge in [-0.25, -0.2) is 9.37 Å². The van der Waals surface area contributed by atoms with Crippen molar-refractivity contribution in [3.8, 4) is 11.5 Å². The summed E-state index contributed by atoms with van der Waals surface area (Å²) in [6.07, 6.45) is 0. The van der Waals surface area contributed by atoms with E-state index in [9.17, 15) is 9.18 Å². The second-order valence-corrected chi connectivity index (χ2v) is 5.53. The molecule has 0 aliphatic rings. The highest BCUT2D eigenvalue weighted by Gasteiger charge is 2.11. The fraction of sp³-hybridized carbons (Fsp3) is 0. The molecule has 0 unspecified atom stereocenters. The van der Waals surface area contributed by atoms with Crippen LogP contribution in [0.1, 0.15) is 10.4 Å². The zero-order valence-corrected chi connectivity index (χ0v) is 13.1. The van der Waals surface area contributed by atoms with Gasteiger partial charge in [0.15, 0.2) is 5.58 Å². The van der Waals surface area contributed by atoms with Crippen LogP contribution in [0, 0.1) is 5.82 Å². The minimum atomic E-state index is -0.452. The molecule has 1 heterocycles. The average Bonchev–Trinajstić information content (AvgIpc) is 3.06. The molecular formula is C20H13FN2O2. The Morgan fingerprint density at radius 3 is 2.60 bits per heavy atom. The first-order valence-corrected chi connectivity index (χ1v) is 7.72. The van der Waals surface area contributed by atoms with E-state index in [1.165, 1.54) is 18.2 Å². The third kappa shape index (κ3) is 3.12. The van der Waals surface area contributed by atoms with Crippen molar-refractivity contribution in [1.82, 2.24) is 4.98 Å². The number of aromatic nitrogens is 1. The lowest BCUT2D eigenvalue weighted by atomic mass is 10.2. The van der Waals surface area contributed by atoms with Crippen molar-refractivity contribution in [2.24, 2.45) is 0 Å². The molecule has 0 spiro atoms. The third-order valence-electron chi connectivity index (χ3n) is 3.75. The molecule has 122 valence electrons. The topological polar surface area (TPSA) is 55.1 Å². The van der Waals surface area contributed by atoms with Gasteiger partial charge >= 0.3 is 0 Å². The lowest BCUT2D eigenvalue weighted by Crippen LogP contribution is -2.11. The van der Waals surface area contributed by atoms with Crippen LogP contribution in [0.5, 0.6) is 0 Å². The van der Waals surface area contributed by atoms with Crippen LogP contribution in [0.4, 0.5) is 10.1 Å². The number of nitrogens with zero attached hydrogens (tertiary/aromatic N) is 1. The van der Waals surface area contributed by atoms with Gasteiger partial charge in [0, 0.05) is 16.8 Å². The molecule has 3 aromatic carbocycles. The van der Waals surface area contributed by atoms with Crippen LogP contribution in [-0.4, -0.2) is 10.9 Å². The predicted octanol–water partition coefficient (Wildman–Crippen LogP) is 4.89. The maximum Gasteiger partial charge on any atom is 0.255 e. The molecular weight excluding hydrogens is 319 g/mol. The third-order valence-corrected chi connectivity index (χ3v) is 3.75. The van der Waals surface area contributed by atoms with Crippen LogP contribution in [-0.2, 0) is 0 Å². The largest absolute Gasteiger partial charge is 0.436 e. The van der Waals surface area contributed by atoms with Crippen molar-refractivity contribution in [3.05, 3.63) is 84.2 Å². The highest BCUT2D eigenvalue weighted by Crippen LogP contribution is 2.26. The summed E-state index contributed by atoms with van der Waals surface area (Å²) in [5, 5.41) is 2.74. The molecule has 1 N–H and O–H groups in total. The number of hydrogen-bond acceptors (Lipinski definition) is 3. The summed E-state index contributed by atoms with van der Waals surface area (Å²) in [6.45, 7) is 0. The van der Waals surface area contributed by atoms with Crippen LogP contribution in [0.3, 0.4) is 0 Å². The number of amides is 1. The van der Waals surface area contributed by atoms with Gasteiger partial charge in [0.1, 0.15) is 11.3 Å². The van der Waals surface area contributed by atoms with Gasteiger partial charge in [0.25, 0.3) is 5.91 Å². The zero-order chi connectivity index (χ0) is 17.2. The molecule has 4 aromatic rings. The maximum absolute atomic E-state index is 13.2. The Morgan fingerprint density at radius 1 is 0.960 bits per heavy atom. The van der Waals surface area contributed by atoms with Crippen molar-refractivity contribution < 1.29 is 13.6 Å². The predicted molar refractivity (Wildman–Crippen MR) is 93.8 cm³/mol. The Kier molecular flexibility index (Phi) is 3.74. The molecule has 0 bridgehead atoms. The first kappa shape index (κ1) is 15.1. The quantitative estimate of drug-likeness (QED) is 0.581. The van der Waals surface area contributed by atoms with Crippen LogP contribution >= 0.6 is 0 Å². The molecule has 0 atom stereocenters. The van der Waals surface area contributed by atoms with Gasteiger partial charge < -0.3 is 9.73 Å². The zero-order valence-electron chi connectivity index (χ0n) is 13.1. The normalized spacial score (nSPS) is 10.8. The minimum Gasteiger partial charge on any atom is -0.436 e. The molecule has 5 heteroatoms. The molecule has 4 nitrogen and oxygen atoms in total. The number of hydrogen-bond donors (Lipinski definition) is 1. The lowest BCUT2D eigenvalue weighted by molar-refractivity contribution is 0.102. The van der Waals surface area contributed by atoms with E-state index in [1.54, 1.807) is 24.3 Å². The first-order valence-electron chi connectivity index (χ1n) is 7.72. The Balaban J connectivity index is 1.62. The minimum absolute atomic E-state index is 0.255. The average molecular weight is 332 g/mol. The second kappa shape index (κ2) is 6.20. The molecule has 0 aliphatic carbocycles. The summed E-state index contributed by atoms with van der Waals surface area (Å²) in [6, 6.07) is 20.3. The summed E-state index contributed by atoms with van der Waals surface area (Å²) in [5.41, 5.74) is 2.96. The van der Waals surface area contributed by atoms with Gasteiger partial charge in [-0.2, -0.15) is 0 Å². The molecule has 4 rings (SSSR count). The lowest BCUT2D eigenvalue weighted by Gasteiger charge is -2.04. The van der Waals surface area contributed by atoms with E-state index >= 15 is 0 Å². The van der Waals surface area contributed by atoms with Gasteiger partial charge in [-0.05, 0) is 48.5 Å². The standard InChI is InChI=1S/C20H13FN2O2/c21-15-8-4-7-14(11-15)19(24)22-16-9-10-18-17(12-16)23-20(25-18)13-5-2-1-3-6-13/h1-12H,(H,22,24). The summed E-state index contributed by atoms with van der Waals surface area (Å²) in [7, 11) is 0. The van der Waals surface area contributed by atoms with Crippen molar-refractivity contribution in [3.63, 3.8) is 0 Å². The number of halogens is 1. The molecule has 1 amide bonds. The van der Waals surface area contributed by atoms with Crippen LogP contribution in [0.2, 0.25) is 0 Å². The molecule has 0 aliphatic heterocycles. The second-order valence-electron chi connectivity index (χ2n) is 5.53. The van der Waals surface area contributed by atoms with Crippen molar-refractivity contribution in [1.29, 1.82) is 0 Å². The van der Waals surface area contributed by atoms with E-state index < -0.39 is 5.82 Å². The monoisotopic (exact) mass is 332 g/mol. The smallest absolute Gasteiger partial charge is 0.255 e. The molecule has 25 heavy (non-hydrogen) atoms. The van der Waals surface area contributed by atoms with Gasteiger partial charge in [-0.15, -0.1) is 0 Å². The van der Waals surface area contributed by atoms with Crippen LogP contribution < -0.4 is 5.32 Å². The number of anilines is 1. The number of nitrogens with one attached hydrogen (secondary N) is 1. The summed E-state index contributed by atoms with van der Waals surface area (Å²) >= 11 is 0. The molecule has 1 aromatic heterocycles. The van der Waals surface area contributed by atoms with Crippen molar-refractivity contribution in [2.75, 3.05) is 5.32 Å². The Morgan fingerprint density at radius 2 is 1.80 bits per heavy atom. The summed E-state index contributed by atoms with van der Waals surface area (Å²) < 4.78 is 19.0. The fourth-order valence-corrected chi connectivity index (χ4v) is 2.54. The number of fused-ring (bicyclic) bond motifs is 1. The Hall–Kier alpha value is -3.47. The van der Waals surface area contributed by atoms with E-state index in [1.807, 2.05) is 30.3 Å². The van der Waals surface area contributed by atoms with E-state index in [4.69, 9.17) is 4.42 Å². The fourth-order valence-electron chi connectivity index (χ4n) is 2.54. The Labute approximate surface area is 142 Å². The van der Waals surface area contributed by atoms with Gasteiger partial charge in [-0.3, -0.25) is 4.79 Å². The van der Waals surface area contributed by atoms with E-state index in [2.05, 4.69) is 10.3 Å². The van der Waals surface area contributed by atoms with Crippen molar-refractivity contribution >= 4 is 22.7 Å². The first-order chi connectivity index (χ1) is 12.2. The molecule has 0 saturated heterocycles. The highest BCUT2D eigenvalue weighted by atomic mass is 19.1. The van der Waals surface area contributed by atoms with Crippen molar-refractivity contribution in [2.45, 2.75) is 0 Å². The SMILES string of the molecule is O=C(Nc1ccc2oc(-c3ccccc3)nc2c1)c1cccc(F)c1. The van der Waals surface area contributed by atoms with Crippen LogP contribution in [0.15, 0.2) is 77.2 Å². The van der Waals surface area contributed by atoms with Gasteiger partial charge in [0.2, 0.25) is 5.89 Å². The molecule has 0 fully saturated rings. The number of carbonyl (C=O) groups is 1. The number of oxazole rings is 1. The molecule has 0 radical (unpaired) electrons. The van der Waals surface area contributed by atoms with Gasteiger partial charge in [-0.1, -0.05) is 24.3 Å². The van der Waals surface area contributed by atoms with E-state index in [0.717, 1.165) is 5.56 Å². The molecule has 0 saturated carbocycles. The van der Waals surface area contributed by atoms with E-state index in [-0.39, 0.29) is 11.5 Å². The maximum atomic E-state index is 13.2. The number of rotatable bonds is 3. The van der Waals surface area contributed by atoms with E-state index in [0.29, 0.717) is 22.7 Å². The highest BCUT2D eigenvalue weighted by molar-refractivity contribution is 6.04. The number of carbonyl (C=O) groups excluding carboxylic acids is 1. The summed E-state index contributed by atoms with van der Waals surface area (Å²) in [5.74, 6) is -0.318. The van der Waals surface area contributed by atoms with Crippen LogP contribution in [0.25, 0.3) is 22.6 Å². The number of benzene rings is 3.